The number of pyridine rings is 1. The van der Waals surface area contributed by atoms with Gasteiger partial charge in [0.1, 0.15) is 0 Å². The number of hydrogen-bond donors (Lipinski definition) is 1. The summed E-state index contributed by atoms with van der Waals surface area (Å²) in [6.45, 7) is 0.919. The summed E-state index contributed by atoms with van der Waals surface area (Å²) in [6, 6.07) is 1.60. The van der Waals surface area contributed by atoms with Crippen molar-refractivity contribution in [3.05, 3.63) is 41.2 Å². The van der Waals surface area contributed by atoms with E-state index in [0.29, 0.717) is 36.2 Å². The van der Waals surface area contributed by atoms with Gasteiger partial charge in [-0.05, 0) is 25.3 Å². The number of hydrogen-bond acceptors (Lipinski definition) is 7. The zero-order chi connectivity index (χ0) is 19.3. The molecule has 0 amide bonds. The first-order valence-electron chi connectivity index (χ1n) is 9.06. The maximum atomic E-state index is 12.4. The Hall–Kier alpha value is -2.79. The Bertz CT molecular complexity index is 1200. The number of aromatic amines is 1. The Morgan fingerprint density at radius 1 is 1.21 bits per heavy atom. The van der Waals surface area contributed by atoms with Gasteiger partial charge in [0.25, 0.3) is 5.56 Å². The average Bonchev–Trinajstić information content (AvgIpc) is 3.25. The van der Waals surface area contributed by atoms with Crippen LogP contribution in [0.25, 0.3) is 10.9 Å². The molecule has 11 heteroatoms. The lowest BCUT2D eigenvalue weighted by molar-refractivity contribution is 0.426. The summed E-state index contributed by atoms with van der Waals surface area (Å²) in [5.41, 5.74) is 0.122. The molecule has 1 aliphatic carbocycles. The van der Waals surface area contributed by atoms with Gasteiger partial charge in [0, 0.05) is 19.3 Å². The van der Waals surface area contributed by atoms with Crippen molar-refractivity contribution in [3.8, 4) is 11.8 Å². The maximum absolute atomic E-state index is 12.4. The molecule has 3 aromatic heterocycles. The zero-order valence-corrected chi connectivity index (χ0v) is 15.7. The van der Waals surface area contributed by atoms with Gasteiger partial charge in [0.2, 0.25) is 10.0 Å². The van der Waals surface area contributed by atoms with Gasteiger partial charge in [-0.15, -0.1) is 0 Å². The van der Waals surface area contributed by atoms with Gasteiger partial charge in [-0.1, -0.05) is 0 Å². The minimum Gasteiger partial charge on any atom is -0.422 e. The number of fused-ring (bicyclic) bond motifs is 1. The molecule has 28 heavy (non-hydrogen) atoms. The number of aromatic nitrogens is 5. The van der Waals surface area contributed by atoms with E-state index in [1.807, 2.05) is 0 Å². The van der Waals surface area contributed by atoms with Crippen LogP contribution in [0.2, 0.25) is 0 Å². The molecule has 1 aliphatic heterocycles. The van der Waals surface area contributed by atoms with Crippen molar-refractivity contribution in [2.75, 3.05) is 13.1 Å². The largest absolute Gasteiger partial charge is 0.422 e. The van der Waals surface area contributed by atoms with Crippen LogP contribution in [-0.4, -0.2) is 55.8 Å². The first-order valence-corrected chi connectivity index (χ1v) is 10.6. The highest BCUT2D eigenvalue weighted by Gasteiger charge is 2.43. The second-order valence-electron chi connectivity index (χ2n) is 7.07. The molecule has 4 heterocycles. The Labute approximate surface area is 160 Å². The summed E-state index contributed by atoms with van der Waals surface area (Å²) in [5, 5.41) is 4.52. The van der Waals surface area contributed by atoms with Crippen LogP contribution >= 0.6 is 0 Å². The molecule has 5 rings (SSSR count). The molecule has 0 aromatic carbocycles. The second-order valence-corrected chi connectivity index (χ2v) is 9.28. The topological polar surface area (TPSA) is 123 Å². The molecule has 0 unspecified atom stereocenters. The number of nitrogens with one attached hydrogen (secondary N) is 1. The summed E-state index contributed by atoms with van der Waals surface area (Å²) < 4.78 is 33.7. The Morgan fingerprint density at radius 2 is 2.07 bits per heavy atom. The van der Waals surface area contributed by atoms with Crippen molar-refractivity contribution in [1.29, 1.82) is 0 Å². The van der Waals surface area contributed by atoms with E-state index in [-0.39, 0.29) is 22.9 Å². The fraction of sp³-hybridized carbons (Fsp3) is 0.412. The standard InChI is InChI=1S/C17H18N6O4S/c24-16-14-3-5-18-8-15(14)20-17(21-16)27-12-7-19-23(10-12)11-4-6-22(9-11)28(25,26)13-1-2-13/h3,5,7-8,10-11,13H,1-2,4,6,9H2,(H,20,21,24)/t11-/m0/s1. The number of nitrogens with zero attached hydrogens (tertiary/aromatic N) is 5. The van der Waals surface area contributed by atoms with Gasteiger partial charge >= 0.3 is 6.01 Å². The summed E-state index contributed by atoms with van der Waals surface area (Å²) >= 11 is 0. The van der Waals surface area contributed by atoms with Crippen LogP contribution in [-0.2, 0) is 10.0 Å². The van der Waals surface area contributed by atoms with Gasteiger partial charge in [0.15, 0.2) is 5.75 Å². The molecule has 0 bridgehead atoms. The van der Waals surface area contributed by atoms with Crippen molar-refractivity contribution in [2.45, 2.75) is 30.6 Å². The van der Waals surface area contributed by atoms with Crippen molar-refractivity contribution >= 4 is 20.9 Å². The lowest BCUT2D eigenvalue weighted by Crippen LogP contribution is -2.32. The van der Waals surface area contributed by atoms with Gasteiger partial charge in [-0.2, -0.15) is 14.4 Å². The third-order valence-corrected chi connectivity index (χ3v) is 7.45. The zero-order valence-electron chi connectivity index (χ0n) is 14.9. The Kier molecular flexibility index (Phi) is 3.95. The SMILES string of the molecule is O=c1[nH]c(Oc2cnn([C@H]3CCN(S(=O)(=O)C4CC4)C3)c2)nc2cnccc12. The molecule has 1 atom stereocenters. The lowest BCUT2D eigenvalue weighted by Gasteiger charge is -2.16. The molecule has 0 radical (unpaired) electrons. The molecule has 1 saturated heterocycles. The summed E-state index contributed by atoms with van der Waals surface area (Å²) in [5.74, 6) is 0.412. The summed E-state index contributed by atoms with van der Waals surface area (Å²) in [4.78, 5) is 22.9. The smallest absolute Gasteiger partial charge is 0.302 e. The van der Waals surface area contributed by atoms with Gasteiger partial charge in [-0.3, -0.25) is 19.4 Å². The molecule has 1 saturated carbocycles. The lowest BCUT2D eigenvalue weighted by atomic mass is 10.3. The average molecular weight is 402 g/mol. The fourth-order valence-corrected chi connectivity index (χ4v) is 5.33. The molecular formula is C17H18N6O4S. The highest BCUT2D eigenvalue weighted by atomic mass is 32.2. The highest BCUT2D eigenvalue weighted by molar-refractivity contribution is 7.90. The molecule has 3 aromatic rings. The third kappa shape index (κ3) is 3.06. The van der Waals surface area contributed by atoms with E-state index in [2.05, 4.69) is 20.1 Å². The first-order chi connectivity index (χ1) is 13.5. The van der Waals surface area contributed by atoms with Crippen molar-refractivity contribution in [1.82, 2.24) is 29.0 Å². The van der Waals surface area contributed by atoms with Crippen molar-refractivity contribution < 1.29 is 13.2 Å². The first kappa shape index (κ1) is 17.3. The molecular weight excluding hydrogens is 384 g/mol. The van der Waals surface area contributed by atoms with Gasteiger partial charge in [-0.25, -0.2) is 8.42 Å². The molecule has 10 nitrogen and oxygen atoms in total. The molecule has 0 spiro atoms. The summed E-state index contributed by atoms with van der Waals surface area (Å²) in [6.07, 6.45) is 8.44. The predicted octanol–water partition coefficient (Wildman–Crippen LogP) is 1.05. The number of rotatable bonds is 5. The molecule has 146 valence electrons. The second kappa shape index (κ2) is 6.38. The predicted molar refractivity (Wildman–Crippen MR) is 99.6 cm³/mol. The van der Waals surface area contributed by atoms with E-state index in [1.165, 1.54) is 18.6 Å². The van der Waals surface area contributed by atoms with Crippen LogP contribution in [0.15, 0.2) is 35.6 Å². The Morgan fingerprint density at radius 3 is 2.89 bits per heavy atom. The van der Waals surface area contributed by atoms with E-state index in [0.717, 1.165) is 12.8 Å². The van der Waals surface area contributed by atoms with E-state index >= 15 is 0 Å². The highest BCUT2D eigenvalue weighted by Crippen LogP contribution is 2.35. The van der Waals surface area contributed by atoms with Gasteiger partial charge in [0.05, 0.1) is 40.8 Å². The van der Waals surface area contributed by atoms with E-state index in [4.69, 9.17) is 4.74 Å². The third-order valence-electron chi connectivity index (χ3n) is 5.09. The van der Waals surface area contributed by atoms with Crippen molar-refractivity contribution in [3.63, 3.8) is 0 Å². The fourth-order valence-electron chi connectivity index (χ4n) is 3.44. The van der Waals surface area contributed by atoms with E-state index in [9.17, 15) is 13.2 Å². The van der Waals surface area contributed by atoms with E-state index in [1.54, 1.807) is 21.3 Å². The maximum Gasteiger partial charge on any atom is 0.302 e. The van der Waals surface area contributed by atoms with Crippen LogP contribution < -0.4 is 10.3 Å². The van der Waals surface area contributed by atoms with Gasteiger partial charge < -0.3 is 4.74 Å². The van der Waals surface area contributed by atoms with Crippen LogP contribution in [0.3, 0.4) is 0 Å². The monoisotopic (exact) mass is 402 g/mol. The normalized spacial score (nSPS) is 20.6. The molecule has 2 aliphatic rings. The van der Waals surface area contributed by atoms with Crippen LogP contribution in [0.4, 0.5) is 0 Å². The number of ether oxygens (including phenoxy) is 1. The number of H-pyrrole nitrogens is 1. The van der Waals surface area contributed by atoms with Crippen LogP contribution in [0.1, 0.15) is 25.3 Å². The van der Waals surface area contributed by atoms with Crippen LogP contribution in [0, 0.1) is 0 Å². The number of sulfonamides is 1. The quantitative estimate of drug-likeness (QED) is 0.676. The summed E-state index contributed by atoms with van der Waals surface area (Å²) in [7, 11) is -3.17. The van der Waals surface area contributed by atoms with Crippen molar-refractivity contribution in [2.24, 2.45) is 0 Å². The molecule has 2 fully saturated rings. The van der Waals surface area contributed by atoms with E-state index < -0.39 is 10.0 Å². The molecule has 1 N–H and O–H groups in total. The Balaban J connectivity index is 1.32. The minimum absolute atomic E-state index is 0.0429. The minimum atomic E-state index is -3.17. The van der Waals surface area contributed by atoms with Crippen LogP contribution in [0.5, 0.6) is 11.8 Å².